The molecule has 0 fully saturated rings. The monoisotopic (exact) mass is 358 g/mol. The lowest BCUT2D eigenvalue weighted by molar-refractivity contribution is -0.132. The van der Waals surface area contributed by atoms with Crippen LogP contribution in [-0.4, -0.2) is 21.0 Å². The Balaban J connectivity index is 2.33. The fourth-order valence-corrected chi connectivity index (χ4v) is 2.69. The van der Waals surface area contributed by atoms with Crippen molar-refractivity contribution in [2.45, 2.75) is 6.92 Å². The number of hydrogen-bond donors (Lipinski definition) is 1. The van der Waals surface area contributed by atoms with Crippen LogP contribution < -0.4 is 0 Å². The van der Waals surface area contributed by atoms with Crippen LogP contribution in [0.2, 0.25) is 10.0 Å². The molecule has 0 unspecified atom stereocenters. The van der Waals surface area contributed by atoms with Crippen LogP contribution >= 0.6 is 23.2 Å². The Morgan fingerprint density at radius 3 is 2.58 bits per heavy atom. The third kappa shape index (κ3) is 3.25. The normalized spacial score (nSPS) is 11.7. The van der Waals surface area contributed by atoms with Gasteiger partial charge in [-0.1, -0.05) is 41.4 Å². The number of carboxylic acid groups (broad SMARTS) is 1. The van der Waals surface area contributed by atoms with E-state index in [2.05, 4.69) is 9.97 Å². The van der Waals surface area contributed by atoms with Crippen molar-refractivity contribution in [2.75, 3.05) is 0 Å². The van der Waals surface area contributed by atoms with E-state index in [1.165, 1.54) is 13.0 Å². The molecule has 2 aromatic carbocycles. The van der Waals surface area contributed by atoms with E-state index in [1.807, 2.05) is 18.2 Å². The molecular formula is C18H12Cl2N2O2. The van der Waals surface area contributed by atoms with Gasteiger partial charge in [-0.3, -0.25) is 0 Å². The fourth-order valence-electron chi connectivity index (χ4n) is 2.30. The number of benzene rings is 2. The van der Waals surface area contributed by atoms with Crippen LogP contribution in [0, 0.1) is 0 Å². The standard InChI is InChI=1S/C18H12Cl2N2O2/c1-10(18(23)24)8-16-21-15-7-6-11(19)9-13(15)17(22-16)12-4-2-3-5-14(12)20/h2-9H,1H3,(H,23,24)/b10-8+. The smallest absolute Gasteiger partial charge is 0.331 e. The zero-order valence-electron chi connectivity index (χ0n) is 12.6. The van der Waals surface area contributed by atoms with Gasteiger partial charge in [0.25, 0.3) is 0 Å². The molecule has 0 radical (unpaired) electrons. The molecule has 3 rings (SSSR count). The third-order valence-electron chi connectivity index (χ3n) is 3.49. The first-order valence-corrected chi connectivity index (χ1v) is 7.85. The number of carbonyl (C=O) groups is 1. The van der Waals surface area contributed by atoms with Crippen molar-refractivity contribution in [1.82, 2.24) is 9.97 Å². The number of rotatable bonds is 3. The molecule has 1 heterocycles. The Kier molecular flexibility index (Phi) is 4.51. The van der Waals surface area contributed by atoms with Crippen molar-refractivity contribution in [3.05, 3.63) is 63.9 Å². The second-order valence-corrected chi connectivity index (χ2v) is 6.05. The van der Waals surface area contributed by atoms with Crippen LogP contribution in [0.3, 0.4) is 0 Å². The molecule has 0 atom stereocenters. The molecule has 24 heavy (non-hydrogen) atoms. The highest BCUT2D eigenvalue weighted by atomic mass is 35.5. The van der Waals surface area contributed by atoms with Gasteiger partial charge in [-0.25, -0.2) is 14.8 Å². The maximum absolute atomic E-state index is 11.1. The summed E-state index contributed by atoms with van der Waals surface area (Å²) in [5, 5.41) is 10.9. The third-order valence-corrected chi connectivity index (χ3v) is 4.05. The fraction of sp³-hybridized carbons (Fsp3) is 0.0556. The number of aromatic nitrogens is 2. The van der Waals surface area contributed by atoms with E-state index in [9.17, 15) is 4.79 Å². The molecule has 3 aromatic rings. The van der Waals surface area contributed by atoms with E-state index in [0.29, 0.717) is 27.1 Å². The highest BCUT2D eigenvalue weighted by Crippen LogP contribution is 2.33. The molecule has 0 aliphatic heterocycles. The Labute approximate surface area is 148 Å². The van der Waals surface area contributed by atoms with Gasteiger partial charge in [0, 0.05) is 26.6 Å². The maximum atomic E-state index is 11.1. The van der Waals surface area contributed by atoms with Gasteiger partial charge in [-0.2, -0.15) is 0 Å². The van der Waals surface area contributed by atoms with Gasteiger partial charge in [0.1, 0.15) is 0 Å². The van der Waals surface area contributed by atoms with Gasteiger partial charge in [-0.05, 0) is 37.3 Å². The number of fused-ring (bicyclic) bond motifs is 1. The minimum atomic E-state index is -1.02. The molecule has 6 heteroatoms. The molecule has 0 aliphatic carbocycles. The van der Waals surface area contributed by atoms with Gasteiger partial charge >= 0.3 is 5.97 Å². The Bertz CT molecular complexity index is 984. The summed E-state index contributed by atoms with van der Waals surface area (Å²) < 4.78 is 0. The van der Waals surface area contributed by atoms with Crippen molar-refractivity contribution < 1.29 is 9.90 Å². The molecule has 0 saturated heterocycles. The van der Waals surface area contributed by atoms with Crippen molar-refractivity contribution in [3.63, 3.8) is 0 Å². The molecule has 0 bridgehead atoms. The van der Waals surface area contributed by atoms with Gasteiger partial charge in [0.05, 0.1) is 11.2 Å². The summed E-state index contributed by atoms with van der Waals surface area (Å²) in [5.74, 6) is -0.714. The summed E-state index contributed by atoms with van der Waals surface area (Å²) in [5.41, 5.74) is 2.15. The summed E-state index contributed by atoms with van der Waals surface area (Å²) in [6, 6.07) is 12.6. The summed E-state index contributed by atoms with van der Waals surface area (Å²) in [6.45, 7) is 1.49. The zero-order valence-corrected chi connectivity index (χ0v) is 14.1. The highest BCUT2D eigenvalue weighted by Gasteiger charge is 2.13. The van der Waals surface area contributed by atoms with E-state index in [-0.39, 0.29) is 5.57 Å². The summed E-state index contributed by atoms with van der Waals surface area (Å²) >= 11 is 12.4. The number of hydrogen-bond acceptors (Lipinski definition) is 3. The lowest BCUT2D eigenvalue weighted by atomic mass is 10.1. The molecule has 0 spiro atoms. The SMILES string of the molecule is C/C(=C\c1nc(-c2ccccc2Cl)c2cc(Cl)ccc2n1)C(=O)O. The average molecular weight is 359 g/mol. The Morgan fingerprint density at radius 2 is 1.88 bits per heavy atom. The van der Waals surface area contributed by atoms with E-state index >= 15 is 0 Å². The second-order valence-electron chi connectivity index (χ2n) is 5.20. The number of halogens is 2. The van der Waals surface area contributed by atoms with E-state index < -0.39 is 5.97 Å². The first kappa shape index (κ1) is 16.4. The summed E-state index contributed by atoms with van der Waals surface area (Å²) in [7, 11) is 0. The molecule has 0 saturated carbocycles. The van der Waals surface area contributed by atoms with Crippen molar-refractivity contribution in [2.24, 2.45) is 0 Å². The lowest BCUT2D eigenvalue weighted by Crippen LogP contribution is -1.99. The average Bonchev–Trinajstić information content (AvgIpc) is 2.55. The maximum Gasteiger partial charge on any atom is 0.331 e. The lowest BCUT2D eigenvalue weighted by Gasteiger charge is -2.09. The quantitative estimate of drug-likeness (QED) is 0.662. The van der Waals surface area contributed by atoms with Crippen LogP contribution in [0.4, 0.5) is 0 Å². The van der Waals surface area contributed by atoms with Gasteiger partial charge in [0.15, 0.2) is 5.82 Å². The predicted octanol–water partition coefficient (Wildman–Crippen LogP) is 5.09. The highest BCUT2D eigenvalue weighted by molar-refractivity contribution is 6.34. The van der Waals surface area contributed by atoms with Crippen LogP contribution in [0.5, 0.6) is 0 Å². The first-order chi connectivity index (χ1) is 11.5. The second kappa shape index (κ2) is 6.59. The molecule has 120 valence electrons. The first-order valence-electron chi connectivity index (χ1n) is 7.09. The Morgan fingerprint density at radius 1 is 1.12 bits per heavy atom. The van der Waals surface area contributed by atoms with E-state index in [4.69, 9.17) is 28.3 Å². The number of carboxylic acids is 1. The van der Waals surface area contributed by atoms with Gasteiger partial charge in [-0.15, -0.1) is 0 Å². The topological polar surface area (TPSA) is 63.1 Å². The Hall–Kier alpha value is -2.43. The zero-order chi connectivity index (χ0) is 17.3. The molecule has 4 nitrogen and oxygen atoms in total. The predicted molar refractivity (Wildman–Crippen MR) is 96.3 cm³/mol. The van der Waals surface area contributed by atoms with E-state index in [1.54, 1.807) is 24.3 Å². The van der Waals surface area contributed by atoms with Crippen LogP contribution in [0.15, 0.2) is 48.0 Å². The number of nitrogens with zero attached hydrogens (tertiary/aromatic N) is 2. The minimum absolute atomic E-state index is 0.147. The van der Waals surface area contributed by atoms with Crippen LogP contribution in [0.1, 0.15) is 12.7 Å². The molecule has 0 aliphatic rings. The van der Waals surface area contributed by atoms with Crippen molar-refractivity contribution >= 4 is 46.2 Å². The van der Waals surface area contributed by atoms with Gasteiger partial charge in [0.2, 0.25) is 0 Å². The van der Waals surface area contributed by atoms with Crippen LogP contribution in [0.25, 0.3) is 28.2 Å². The molecule has 0 amide bonds. The van der Waals surface area contributed by atoms with Gasteiger partial charge < -0.3 is 5.11 Å². The summed E-state index contributed by atoms with van der Waals surface area (Å²) in [4.78, 5) is 20.0. The molecule has 1 aromatic heterocycles. The van der Waals surface area contributed by atoms with E-state index in [0.717, 1.165) is 10.9 Å². The number of aliphatic carboxylic acids is 1. The minimum Gasteiger partial charge on any atom is -0.478 e. The van der Waals surface area contributed by atoms with Crippen molar-refractivity contribution in [1.29, 1.82) is 0 Å². The largest absolute Gasteiger partial charge is 0.478 e. The van der Waals surface area contributed by atoms with Crippen molar-refractivity contribution in [3.8, 4) is 11.3 Å². The molecular weight excluding hydrogens is 347 g/mol. The summed E-state index contributed by atoms with van der Waals surface area (Å²) in [6.07, 6.45) is 1.43. The van der Waals surface area contributed by atoms with Crippen LogP contribution in [-0.2, 0) is 4.79 Å². The molecule has 1 N–H and O–H groups in total.